The Morgan fingerprint density at radius 1 is 1.12 bits per heavy atom. The Bertz CT molecular complexity index is 1360. The first-order valence-corrected chi connectivity index (χ1v) is 12.2. The Hall–Kier alpha value is -2.50. The summed E-state index contributed by atoms with van der Waals surface area (Å²) in [5.41, 5.74) is 1.48. The SMILES string of the molecule is Cc1ccc2sc(CC(=O)O)nc2c1SCc1sc(-c2ccc(C(F)(F)F)c(F)c2)nc1C. The lowest BCUT2D eigenvalue weighted by atomic mass is 10.1. The van der Waals surface area contributed by atoms with Gasteiger partial charge >= 0.3 is 12.1 Å². The van der Waals surface area contributed by atoms with E-state index in [1.165, 1.54) is 40.5 Å². The molecule has 0 saturated heterocycles. The number of halogens is 4. The second kappa shape index (κ2) is 9.03. The Kier molecular flexibility index (Phi) is 6.47. The summed E-state index contributed by atoms with van der Waals surface area (Å²) in [6.45, 7) is 3.76. The van der Waals surface area contributed by atoms with Crippen molar-refractivity contribution in [2.45, 2.75) is 37.1 Å². The number of aromatic nitrogens is 2. The van der Waals surface area contributed by atoms with Gasteiger partial charge < -0.3 is 5.11 Å². The maximum Gasteiger partial charge on any atom is 0.419 e. The molecule has 0 aliphatic carbocycles. The van der Waals surface area contributed by atoms with Crippen molar-refractivity contribution in [3.05, 3.63) is 62.9 Å². The molecule has 33 heavy (non-hydrogen) atoms. The fraction of sp³-hybridized carbons (Fsp3) is 0.227. The minimum Gasteiger partial charge on any atom is -0.481 e. The zero-order valence-corrected chi connectivity index (χ0v) is 19.7. The fourth-order valence-corrected chi connectivity index (χ4v) is 6.58. The van der Waals surface area contributed by atoms with Crippen LogP contribution in [0.15, 0.2) is 35.2 Å². The molecule has 2 aromatic heterocycles. The van der Waals surface area contributed by atoms with Gasteiger partial charge in [0.25, 0.3) is 0 Å². The van der Waals surface area contributed by atoms with Gasteiger partial charge in [-0.05, 0) is 37.6 Å². The molecule has 4 rings (SSSR count). The maximum atomic E-state index is 14.0. The zero-order valence-electron chi connectivity index (χ0n) is 17.3. The molecule has 172 valence electrons. The summed E-state index contributed by atoms with van der Waals surface area (Å²) in [5, 5.41) is 10.0. The fourth-order valence-electron chi connectivity index (χ4n) is 3.20. The highest BCUT2D eigenvalue weighted by Gasteiger charge is 2.34. The van der Waals surface area contributed by atoms with E-state index >= 15 is 0 Å². The number of thioether (sulfide) groups is 1. The smallest absolute Gasteiger partial charge is 0.419 e. The predicted molar refractivity (Wildman–Crippen MR) is 123 cm³/mol. The first-order chi connectivity index (χ1) is 15.5. The predicted octanol–water partition coefficient (Wildman–Crippen LogP) is 7.11. The number of fused-ring (bicyclic) bond motifs is 1. The molecule has 0 aliphatic rings. The highest BCUT2D eigenvalue weighted by Crippen LogP contribution is 2.39. The molecular weight excluding hydrogens is 496 g/mol. The molecule has 0 fully saturated rings. The van der Waals surface area contributed by atoms with E-state index in [4.69, 9.17) is 5.11 Å². The van der Waals surface area contributed by atoms with Crippen LogP contribution in [0.3, 0.4) is 0 Å². The molecule has 1 N–H and O–H groups in total. The van der Waals surface area contributed by atoms with Gasteiger partial charge in [0.05, 0.1) is 27.9 Å². The number of aliphatic carboxylic acids is 1. The monoisotopic (exact) mass is 512 g/mol. The van der Waals surface area contributed by atoms with Gasteiger partial charge in [-0.2, -0.15) is 13.2 Å². The summed E-state index contributed by atoms with van der Waals surface area (Å²) in [7, 11) is 0. The number of carboxylic acids is 1. The van der Waals surface area contributed by atoms with Gasteiger partial charge in [0.15, 0.2) is 0 Å². The molecule has 0 atom stereocenters. The standard InChI is InChI=1S/C22H16F4N2O2S3/c1-10-3-6-15-19(28-17(32-15)8-18(29)30)20(10)31-9-16-11(2)27-21(33-16)12-4-5-13(14(23)7-12)22(24,25)26/h3-7H,8-9H2,1-2H3,(H,29,30). The Balaban J connectivity index is 1.59. The van der Waals surface area contributed by atoms with Crippen LogP contribution in [0, 0.1) is 19.7 Å². The maximum absolute atomic E-state index is 14.0. The number of carbonyl (C=O) groups is 1. The van der Waals surface area contributed by atoms with Crippen molar-refractivity contribution in [3.8, 4) is 10.6 Å². The third-order valence-corrected chi connectivity index (χ3v) is 8.47. The van der Waals surface area contributed by atoms with Crippen LogP contribution >= 0.6 is 34.4 Å². The van der Waals surface area contributed by atoms with Crippen LogP contribution in [0.2, 0.25) is 0 Å². The summed E-state index contributed by atoms with van der Waals surface area (Å²) in [6, 6.07) is 6.71. The van der Waals surface area contributed by atoms with Gasteiger partial charge in [0.2, 0.25) is 0 Å². The number of hydrogen-bond donors (Lipinski definition) is 1. The Morgan fingerprint density at radius 3 is 2.55 bits per heavy atom. The van der Waals surface area contributed by atoms with Crippen LogP contribution in [-0.4, -0.2) is 21.0 Å². The normalized spacial score (nSPS) is 11.9. The van der Waals surface area contributed by atoms with Crippen LogP contribution in [0.1, 0.15) is 26.7 Å². The lowest BCUT2D eigenvalue weighted by Gasteiger charge is -2.08. The van der Waals surface area contributed by atoms with E-state index in [1.807, 2.05) is 19.1 Å². The average Bonchev–Trinajstić information content (AvgIpc) is 3.28. The van der Waals surface area contributed by atoms with E-state index in [-0.39, 0.29) is 6.42 Å². The highest BCUT2D eigenvalue weighted by molar-refractivity contribution is 7.99. The number of benzene rings is 2. The lowest BCUT2D eigenvalue weighted by molar-refractivity contribution is -0.140. The molecule has 0 radical (unpaired) electrons. The Morgan fingerprint density at radius 2 is 1.88 bits per heavy atom. The van der Waals surface area contributed by atoms with Crippen molar-refractivity contribution >= 4 is 50.6 Å². The molecule has 0 unspecified atom stereocenters. The van der Waals surface area contributed by atoms with Crippen LogP contribution in [-0.2, 0) is 23.1 Å². The van der Waals surface area contributed by atoms with Crippen molar-refractivity contribution in [1.29, 1.82) is 0 Å². The molecule has 0 bridgehead atoms. The van der Waals surface area contributed by atoms with Crippen LogP contribution in [0.5, 0.6) is 0 Å². The second-order valence-electron chi connectivity index (χ2n) is 7.25. The molecule has 0 aliphatic heterocycles. The Labute approximate surface area is 198 Å². The topological polar surface area (TPSA) is 63.1 Å². The van der Waals surface area contributed by atoms with Crippen LogP contribution < -0.4 is 0 Å². The molecule has 4 nitrogen and oxygen atoms in total. The minimum absolute atomic E-state index is 0.135. The van der Waals surface area contributed by atoms with Crippen molar-refractivity contribution in [2.75, 3.05) is 0 Å². The first-order valence-electron chi connectivity index (χ1n) is 9.60. The summed E-state index contributed by atoms with van der Waals surface area (Å²) in [6.07, 6.45) is -4.88. The van der Waals surface area contributed by atoms with Crippen molar-refractivity contribution in [1.82, 2.24) is 9.97 Å². The van der Waals surface area contributed by atoms with Gasteiger partial charge in [0, 0.05) is 21.1 Å². The van der Waals surface area contributed by atoms with Gasteiger partial charge in [-0.15, -0.1) is 34.4 Å². The molecule has 0 spiro atoms. The summed E-state index contributed by atoms with van der Waals surface area (Å²) >= 11 is 4.19. The summed E-state index contributed by atoms with van der Waals surface area (Å²) in [4.78, 5) is 21.8. The molecule has 2 heterocycles. The molecule has 11 heteroatoms. The first kappa shape index (κ1) is 23.7. The molecule has 4 aromatic rings. The summed E-state index contributed by atoms with van der Waals surface area (Å²) < 4.78 is 53.4. The number of alkyl halides is 3. The number of rotatable bonds is 6. The van der Waals surface area contributed by atoms with E-state index in [0.717, 1.165) is 43.4 Å². The molecule has 2 aromatic carbocycles. The van der Waals surface area contributed by atoms with Gasteiger partial charge in [-0.1, -0.05) is 12.1 Å². The molecule has 0 amide bonds. The average molecular weight is 513 g/mol. The van der Waals surface area contributed by atoms with Gasteiger partial charge in [-0.25, -0.2) is 14.4 Å². The third kappa shape index (κ3) is 5.04. The van der Waals surface area contributed by atoms with E-state index in [0.29, 0.717) is 21.3 Å². The van der Waals surface area contributed by atoms with Gasteiger partial charge in [0.1, 0.15) is 15.8 Å². The number of thiazole rings is 2. The molecule has 0 saturated carbocycles. The van der Waals surface area contributed by atoms with Crippen LogP contribution in [0.4, 0.5) is 17.6 Å². The number of hydrogen-bond acceptors (Lipinski definition) is 6. The third-order valence-electron chi connectivity index (χ3n) is 4.82. The summed E-state index contributed by atoms with van der Waals surface area (Å²) in [5.74, 6) is -1.72. The van der Waals surface area contributed by atoms with Crippen molar-refractivity contribution in [2.24, 2.45) is 0 Å². The number of carboxylic acid groups (broad SMARTS) is 1. The number of aryl methyl sites for hydroxylation is 2. The van der Waals surface area contributed by atoms with E-state index in [1.54, 1.807) is 6.92 Å². The van der Waals surface area contributed by atoms with Gasteiger partial charge in [-0.3, -0.25) is 4.79 Å². The van der Waals surface area contributed by atoms with Crippen LogP contribution in [0.25, 0.3) is 20.8 Å². The van der Waals surface area contributed by atoms with E-state index in [2.05, 4.69) is 9.97 Å². The van der Waals surface area contributed by atoms with Crippen molar-refractivity contribution in [3.63, 3.8) is 0 Å². The van der Waals surface area contributed by atoms with E-state index in [9.17, 15) is 22.4 Å². The van der Waals surface area contributed by atoms with Crippen molar-refractivity contribution < 1.29 is 27.5 Å². The number of nitrogens with zero attached hydrogens (tertiary/aromatic N) is 2. The largest absolute Gasteiger partial charge is 0.481 e. The highest BCUT2D eigenvalue weighted by atomic mass is 32.2. The quantitative estimate of drug-likeness (QED) is 0.220. The molecular formula is C22H16F4N2O2S3. The zero-order chi connectivity index (χ0) is 23.9. The minimum atomic E-state index is -4.75. The second-order valence-corrected chi connectivity index (χ2v) is 10.4. The van der Waals surface area contributed by atoms with E-state index < -0.39 is 23.5 Å². The lowest BCUT2D eigenvalue weighted by Crippen LogP contribution is -2.07.